The molecule has 2 aromatic rings. The third-order valence-corrected chi connectivity index (χ3v) is 3.96. The van der Waals surface area contributed by atoms with Crippen LogP contribution in [0.4, 0.5) is 4.39 Å². The average molecular weight is 375 g/mol. The van der Waals surface area contributed by atoms with Crippen LogP contribution in [-0.4, -0.2) is 33.8 Å². The molecule has 0 saturated carbocycles. The Kier molecular flexibility index (Phi) is 7.73. The minimum Gasteiger partial charge on any atom is -0.496 e. The number of benzene rings is 2. The molecule has 0 fully saturated rings. The molecule has 0 atom stereocenters. The lowest BCUT2D eigenvalue weighted by molar-refractivity contribution is 0.368. The number of ether oxygens (including phenoxy) is 3. The highest BCUT2D eigenvalue weighted by atomic mass is 19.1. The maximum Gasteiger partial charge on any atom is 0.191 e. The van der Waals surface area contributed by atoms with Crippen molar-refractivity contribution in [2.75, 3.05) is 27.9 Å². The molecular formula is C20H26FN3O3. The molecule has 0 radical (unpaired) electrons. The van der Waals surface area contributed by atoms with E-state index in [2.05, 4.69) is 15.6 Å². The number of aliphatic imine (C=N–C) groups is 1. The molecule has 0 heterocycles. The lowest BCUT2D eigenvalue weighted by Gasteiger charge is -2.17. The van der Waals surface area contributed by atoms with E-state index in [0.29, 0.717) is 41.9 Å². The van der Waals surface area contributed by atoms with E-state index < -0.39 is 0 Å². The Morgan fingerprint density at radius 3 is 2.22 bits per heavy atom. The predicted octanol–water partition coefficient (Wildman–Crippen LogP) is 3.11. The van der Waals surface area contributed by atoms with Crippen molar-refractivity contribution in [1.29, 1.82) is 0 Å². The molecule has 6 nitrogen and oxygen atoms in total. The summed E-state index contributed by atoms with van der Waals surface area (Å²) in [5.74, 6) is 2.23. The van der Waals surface area contributed by atoms with Crippen LogP contribution in [-0.2, 0) is 13.1 Å². The second-order valence-electron chi connectivity index (χ2n) is 5.65. The smallest absolute Gasteiger partial charge is 0.191 e. The maximum atomic E-state index is 13.8. The quantitative estimate of drug-likeness (QED) is 0.548. The van der Waals surface area contributed by atoms with E-state index in [-0.39, 0.29) is 12.4 Å². The Morgan fingerprint density at radius 2 is 1.67 bits per heavy atom. The molecular weight excluding hydrogens is 349 g/mol. The maximum absolute atomic E-state index is 13.8. The van der Waals surface area contributed by atoms with Crippen LogP contribution >= 0.6 is 0 Å². The van der Waals surface area contributed by atoms with Crippen LogP contribution in [0.15, 0.2) is 41.4 Å². The van der Waals surface area contributed by atoms with E-state index in [9.17, 15) is 4.39 Å². The fourth-order valence-corrected chi connectivity index (χ4v) is 2.56. The van der Waals surface area contributed by atoms with Crippen molar-refractivity contribution in [3.05, 3.63) is 53.3 Å². The summed E-state index contributed by atoms with van der Waals surface area (Å²) in [4.78, 5) is 4.45. The number of halogens is 1. The summed E-state index contributed by atoms with van der Waals surface area (Å²) in [5, 5.41) is 6.38. The standard InChI is InChI=1S/C20H26FN3O3/c1-5-22-20(23-12-14-8-6-7-9-17(14)21)24-13-16-18(26-3)10-15(25-2)11-19(16)27-4/h6-11H,5,12-13H2,1-4H3,(H2,22,23,24). The third kappa shape index (κ3) is 5.51. The number of nitrogens with one attached hydrogen (secondary N) is 2. The minimum atomic E-state index is -0.268. The molecule has 146 valence electrons. The Hall–Kier alpha value is -2.96. The van der Waals surface area contributed by atoms with Crippen molar-refractivity contribution in [3.63, 3.8) is 0 Å². The first-order valence-corrected chi connectivity index (χ1v) is 8.67. The van der Waals surface area contributed by atoms with Crippen molar-refractivity contribution in [2.45, 2.75) is 20.0 Å². The van der Waals surface area contributed by atoms with Crippen molar-refractivity contribution >= 4 is 5.96 Å². The minimum absolute atomic E-state index is 0.235. The molecule has 0 aliphatic heterocycles. The van der Waals surface area contributed by atoms with Gasteiger partial charge in [-0.1, -0.05) is 18.2 Å². The van der Waals surface area contributed by atoms with Crippen molar-refractivity contribution in [3.8, 4) is 17.2 Å². The summed E-state index contributed by atoms with van der Waals surface area (Å²) in [6, 6.07) is 10.2. The predicted molar refractivity (Wildman–Crippen MR) is 104 cm³/mol. The molecule has 0 spiro atoms. The fourth-order valence-electron chi connectivity index (χ4n) is 2.56. The van der Waals surface area contributed by atoms with Crippen molar-refractivity contribution in [2.24, 2.45) is 4.99 Å². The van der Waals surface area contributed by atoms with Gasteiger partial charge in [0.05, 0.1) is 40.0 Å². The monoisotopic (exact) mass is 375 g/mol. The first-order valence-electron chi connectivity index (χ1n) is 8.67. The zero-order valence-electron chi connectivity index (χ0n) is 16.1. The summed E-state index contributed by atoms with van der Waals surface area (Å²) in [5.41, 5.74) is 1.37. The number of nitrogens with zero attached hydrogens (tertiary/aromatic N) is 1. The SMILES string of the molecule is CCNC(=NCc1ccccc1F)NCc1c(OC)cc(OC)cc1OC. The zero-order valence-corrected chi connectivity index (χ0v) is 16.1. The Morgan fingerprint density at radius 1 is 1.00 bits per heavy atom. The van der Waals surface area contributed by atoms with Gasteiger partial charge in [0.2, 0.25) is 0 Å². The van der Waals surface area contributed by atoms with Gasteiger partial charge in [0.1, 0.15) is 23.1 Å². The molecule has 27 heavy (non-hydrogen) atoms. The van der Waals surface area contributed by atoms with Gasteiger partial charge in [-0.05, 0) is 13.0 Å². The van der Waals surface area contributed by atoms with Crippen LogP contribution in [0.3, 0.4) is 0 Å². The molecule has 0 saturated heterocycles. The van der Waals surface area contributed by atoms with Crippen LogP contribution in [0.5, 0.6) is 17.2 Å². The molecule has 0 aliphatic carbocycles. The number of methoxy groups -OCH3 is 3. The Labute approximate surface area is 159 Å². The van der Waals surface area contributed by atoms with E-state index in [4.69, 9.17) is 14.2 Å². The van der Waals surface area contributed by atoms with Crippen molar-refractivity contribution < 1.29 is 18.6 Å². The van der Waals surface area contributed by atoms with E-state index >= 15 is 0 Å². The van der Waals surface area contributed by atoms with Crippen LogP contribution in [0.25, 0.3) is 0 Å². The topological polar surface area (TPSA) is 64.1 Å². The molecule has 0 aromatic heterocycles. The van der Waals surface area contributed by atoms with Gasteiger partial charge in [0.15, 0.2) is 5.96 Å². The molecule has 2 N–H and O–H groups in total. The zero-order chi connectivity index (χ0) is 19.6. The summed E-state index contributed by atoms with van der Waals surface area (Å²) in [7, 11) is 4.77. The van der Waals surface area contributed by atoms with Gasteiger partial charge in [0.25, 0.3) is 0 Å². The molecule has 2 rings (SSSR count). The van der Waals surface area contributed by atoms with E-state index in [0.717, 1.165) is 5.56 Å². The van der Waals surface area contributed by atoms with Gasteiger partial charge in [-0.2, -0.15) is 0 Å². The van der Waals surface area contributed by atoms with Gasteiger partial charge in [-0.15, -0.1) is 0 Å². The molecule has 0 aliphatic rings. The highest BCUT2D eigenvalue weighted by Crippen LogP contribution is 2.33. The van der Waals surface area contributed by atoms with Crippen molar-refractivity contribution in [1.82, 2.24) is 10.6 Å². The summed E-state index contributed by atoms with van der Waals surface area (Å²) in [6.45, 7) is 3.30. The number of rotatable bonds is 8. The lowest BCUT2D eigenvalue weighted by Crippen LogP contribution is -2.37. The first-order chi connectivity index (χ1) is 13.1. The van der Waals surface area contributed by atoms with Gasteiger partial charge in [0, 0.05) is 24.2 Å². The highest BCUT2D eigenvalue weighted by Gasteiger charge is 2.14. The van der Waals surface area contributed by atoms with Gasteiger partial charge in [-0.25, -0.2) is 9.38 Å². The molecule has 2 aromatic carbocycles. The summed E-state index contributed by atoms with van der Waals surface area (Å²) < 4.78 is 30.0. The molecule has 0 unspecified atom stereocenters. The summed E-state index contributed by atoms with van der Waals surface area (Å²) >= 11 is 0. The normalized spacial score (nSPS) is 11.1. The van der Waals surface area contributed by atoms with E-state index in [1.54, 1.807) is 51.7 Å². The van der Waals surface area contributed by atoms with Gasteiger partial charge < -0.3 is 24.8 Å². The second-order valence-corrected chi connectivity index (χ2v) is 5.65. The number of hydrogen-bond donors (Lipinski definition) is 2. The Bertz CT molecular complexity index is 756. The Balaban J connectivity index is 2.18. The fraction of sp³-hybridized carbons (Fsp3) is 0.350. The van der Waals surface area contributed by atoms with Gasteiger partial charge >= 0.3 is 0 Å². The van der Waals surface area contributed by atoms with Crippen LogP contribution < -0.4 is 24.8 Å². The average Bonchev–Trinajstić information content (AvgIpc) is 2.70. The first kappa shape index (κ1) is 20.4. The highest BCUT2D eigenvalue weighted by molar-refractivity contribution is 5.80. The molecule has 7 heteroatoms. The second kappa shape index (κ2) is 10.3. The van der Waals surface area contributed by atoms with Crippen LogP contribution in [0, 0.1) is 5.82 Å². The lowest BCUT2D eigenvalue weighted by atomic mass is 10.1. The van der Waals surface area contributed by atoms with E-state index in [1.165, 1.54) is 6.07 Å². The number of guanidine groups is 1. The molecule has 0 amide bonds. The van der Waals surface area contributed by atoms with Crippen LogP contribution in [0.1, 0.15) is 18.1 Å². The number of hydrogen-bond acceptors (Lipinski definition) is 4. The largest absolute Gasteiger partial charge is 0.496 e. The van der Waals surface area contributed by atoms with Crippen LogP contribution in [0.2, 0.25) is 0 Å². The molecule has 0 bridgehead atoms. The third-order valence-electron chi connectivity index (χ3n) is 3.96. The summed E-state index contributed by atoms with van der Waals surface area (Å²) in [6.07, 6.45) is 0. The van der Waals surface area contributed by atoms with Gasteiger partial charge in [-0.3, -0.25) is 0 Å². The van der Waals surface area contributed by atoms with E-state index in [1.807, 2.05) is 6.92 Å².